The number of carbonyl (C=O) groups excluding carboxylic acids is 1. The van der Waals surface area contributed by atoms with Crippen molar-refractivity contribution in [3.05, 3.63) is 34.3 Å². The van der Waals surface area contributed by atoms with Crippen LogP contribution in [-0.4, -0.2) is 31.7 Å². The fourth-order valence-electron chi connectivity index (χ4n) is 1.63. The Morgan fingerprint density at radius 3 is 2.94 bits per heavy atom. The van der Waals surface area contributed by atoms with Gasteiger partial charge in [0.2, 0.25) is 0 Å². The molecule has 1 saturated heterocycles. The minimum Gasteiger partial charge on any atom is -0.371 e. The largest absolute Gasteiger partial charge is 0.371 e. The first-order chi connectivity index (χ1) is 7.75. The highest BCUT2D eigenvalue weighted by Gasteiger charge is 2.18. The van der Waals surface area contributed by atoms with Crippen LogP contribution in [0.2, 0.25) is 0 Å². The van der Waals surface area contributed by atoms with Crippen LogP contribution in [0.25, 0.3) is 0 Å². The van der Waals surface area contributed by atoms with E-state index in [9.17, 15) is 4.79 Å². The number of Topliss-reactive ketones (excluding diaryl/α,β-unsaturated/α-hetero) is 1. The van der Waals surface area contributed by atoms with Gasteiger partial charge in [-0.3, -0.25) is 4.79 Å². The summed E-state index contributed by atoms with van der Waals surface area (Å²) in [5.41, 5.74) is 1.17. The monoisotopic (exact) mass is 284 g/mol. The average Bonchev–Trinajstić information content (AvgIpc) is 2.47. The second-order valence-electron chi connectivity index (χ2n) is 3.78. The number of halogens is 1. The third-order valence-electron chi connectivity index (χ3n) is 2.45. The number of hydrogen-bond acceptors (Lipinski definition) is 3. The van der Waals surface area contributed by atoms with E-state index >= 15 is 0 Å². The molecule has 1 aromatic carbocycles. The van der Waals surface area contributed by atoms with Gasteiger partial charge in [-0.1, -0.05) is 34.1 Å². The standard InChI is InChI=1S/C12H13BrO3/c13-12-4-2-1-3-9(12)5-11-8-15-6-10(14)7-16-11/h1-4,11H,5-8H2. The van der Waals surface area contributed by atoms with E-state index in [1.165, 1.54) is 5.56 Å². The van der Waals surface area contributed by atoms with E-state index in [0.29, 0.717) is 6.61 Å². The van der Waals surface area contributed by atoms with Crippen molar-refractivity contribution in [1.29, 1.82) is 0 Å². The summed E-state index contributed by atoms with van der Waals surface area (Å²) in [4.78, 5) is 11.1. The maximum atomic E-state index is 11.1. The van der Waals surface area contributed by atoms with Crippen LogP contribution in [0.1, 0.15) is 5.56 Å². The number of ether oxygens (including phenoxy) is 2. The minimum atomic E-state index is -0.0369. The Labute approximate surface area is 103 Å². The summed E-state index contributed by atoms with van der Waals surface area (Å²) < 4.78 is 11.8. The molecular formula is C12H13BrO3. The zero-order valence-electron chi connectivity index (χ0n) is 8.82. The van der Waals surface area contributed by atoms with Crippen molar-refractivity contribution in [1.82, 2.24) is 0 Å². The van der Waals surface area contributed by atoms with Crippen molar-refractivity contribution in [3.8, 4) is 0 Å². The molecule has 0 amide bonds. The Balaban J connectivity index is 1.99. The Morgan fingerprint density at radius 1 is 1.31 bits per heavy atom. The molecule has 1 unspecified atom stereocenters. The van der Waals surface area contributed by atoms with Gasteiger partial charge in [-0.25, -0.2) is 0 Å². The SMILES string of the molecule is O=C1COCC(Cc2ccccc2Br)OC1. The second-order valence-corrected chi connectivity index (χ2v) is 4.64. The second kappa shape index (κ2) is 5.57. The Kier molecular flexibility index (Phi) is 4.09. The number of ketones is 1. The molecule has 0 radical (unpaired) electrons. The molecule has 1 fully saturated rings. The molecular weight excluding hydrogens is 272 g/mol. The first kappa shape index (κ1) is 11.8. The Hall–Kier alpha value is -0.710. The first-order valence-electron chi connectivity index (χ1n) is 5.20. The van der Waals surface area contributed by atoms with Crippen LogP contribution >= 0.6 is 15.9 Å². The van der Waals surface area contributed by atoms with Crippen molar-refractivity contribution in [2.45, 2.75) is 12.5 Å². The van der Waals surface area contributed by atoms with Gasteiger partial charge in [-0.05, 0) is 11.6 Å². The van der Waals surface area contributed by atoms with Crippen LogP contribution in [0.15, 0.2) is 28.7 Å². The topological polar surface area (TPSA) is 35.5 Å². The van der Waals surface area contributed by atoms with Crippen LogP contribution in [0.5, 0.6) is 0 Å². The van der Waals surface area contributed by atoms with Gasteiger partial charge in [0, 0.05) is 10.9 Å². The fourth-order valence-corrected chi connectivity index (χ4v) is 2.08. The number of rotatable bonds is 2. The van der Waals surface area contributed by atoms with Gasteiger partial charge in [-0.15, -0.1) is 0 Å². The van der Waals surface area contributed by atoms with Crippen molar-refractivity contribution in [2.75, 3.05) is 19.8 Å². The molecule has 1 aliphatic heterocycles. The average molecular weight is 285 g/mol. The van der Waals surface area contributed by atoms with Gasteiger partial charge < -0.3 is 9.47 Å². The summed E-state index contributed by atoms with van der Waals surface area (Å²) in [7, 11) is 0. The lowest BCUT2D eigenvalue weighted by Gasteiger charge is -2.14. The maximum Gasteiger partial charge on any atom is 0.184 e. The van der Waals surface area contributed by atoms with E-state index in [1.807, 2.05) is 24.3 Å². The van der Waals surface area contributed by atoms with Gasteiger partial charge in [0.05, 0.1) is 12.7 Å². The van der Waals surface area contributed by atoms with E-state index in [1.54, 1.807) is 0 Å². The molecule has 0 bridgehead atoms. The zero-order chi connectivity index (χ0) is 11.4. The van der Waals surface area contributed by atoms with E-state index in [4.69, 9.17) is 9.47 Å². The smallest absolute Gasteiger partial charge is 0.184 e. The molecule has 0 aliphatic carbocycles. The lowest BCUT2D eigenvalue weighted by Crippen LogP contribution is -2.21. The predicted octanol–water partition coefficient (Wildman–Crippen LogP) is 1.98. The van der Waals surface area contributed by atoms with Crippen molar-refractivity contribution >= 4 is 21.7 Å². The third kappa shape index (κ3) is 3.14. The van der Waals surface area contributed by atoms with Crippen LogP contribution in [-0.2, 0) is 20.7 Å². The van der Waals surface area contributed by atoms with Crippen LogP contribution in [0, 0.1) is 0 Å². The first-order valence-corrected chi connectivity index (χ1v) is 5.99. The van der Waals surface area contributed by atoms with Gasteiger partial charge in [0.15, 0.2) is 5.78 Å². The molecule has 1 aromatic rings. The summed E-state index contributed by atoms with van der Waals surface area (Å²) >= 11 is 3.49. The van der Waals surface area contributed by atoms with Crippen LogP contribution in [0.4, 0.5) is 0 Å². The number of benzene rings is 1. The van der Waals surface area contributed by atoms with Gasteiger partial charge in [0.25, 0.3) is 0 Å². The Morgan fingerprint density at radius 2 is 2.12 bits per heavy atom. The van der Waals surface area contributed by atoms with Crippen molar-refractivity contribution in [2.24, 2.45) is 0 Å². The summed E-state index contributed by atoms with van der Waals surface area (Å²) in [6.45, 7) is 0.814. The maximum absolute atomic E-state index is 11.1. The summed E-state index contributed by atoms with van der Waals surface area (Å²) in [6, 6.07) is 8.00. The molecule has 3 nitrogen and oxygen atoms in total. The molecule has 1 atom stereocenters. The third-order valence-corrected chi connectivity index (χ3v) is 3.23. The molecule has 1 aliphatic rings. The summed E-state index contributed by atoms with van der Waals surface area (Å²) in [5.74, 6) is 0.00891. The van der Waals surface area contributed by atoms with Gasteiger partial charge in [-0.2, -0.15) is 0 Å². The van der Waals surface area contributed by atoms with Crippen molar-refractivity contribution in [3.63, 3.8) is 0 Å². The van der Waals surface area contributed by atoms with E-state index < -0.39 is 0 Å². The highest BCUT2D eigenvalue weighted by atomic mass is 79.9. The molecule has 0 saturated carbocycles. The van der Waals surface area contributed by atoms with Crippen molar-refractivity contribution < 1.29 is 14.3 Å². The molecule has 1 heterocycles. The van der Waals surface area contributed by atoms with E-state index in [-0.39, 0.29) is 25.1 Å². The molecule has 16 heavy (non-hydrogen) atoms. The van der Waals surface area contributed by atoms with Crippen LogP contribution in [0.3, 0.4) is 0 Å². The summed E-state index contributed by atoms with van der Waals surface area (Å²) in [6.07, 6.45) is 0.722. The molecule has 4 heteroatoms. The number of carbonyl (C=O) groups is 1. The minimum absolute atomic E-state index is 0.00891. The van der Waals surface area contributed by atoms with Gasteiger partial charge in [0.1, 0.15) is 13.2 Å². The Bertz CT molecular complexity index is 378. The van der Waals surface area contributed by atoms with Gasteiger partial charge >= 0.3 is 0 Å². The molecule has 0 aromatic heterocycles. The zero-order valence-corrected chi connectivity index (χ0v) is 10.4. The number of hydrogen-bond donors (Lipinski definition) is 0. The molecule has 0 spiro atoms. The lowest BCUT2D eigenvalue weighted by molar-refractivity contribution is -0.124. The van der Waals surface area contributed by atoms with E-state index in [0.717, 1.165) is 10.9 Å². The lowest BCUT2D eigenvalue weighted by atomic mass is 10.1. The quantitative estimate of drug-likeness (QED) is 0.833. The normalized spacial score (nSPS) is 21.8. The molecule has 86 valence electrons. The van der Waals surface area contributed by atoms with Crippen LogP contribution < -0.4 is 0 Å². The summed E-state index contributed by atoms with van der Waals surface area (Å²) in [5, 5.41) is 0. The molecule has 2 rings (SSSR count). The highest BCUT2D eigenvalue weighted by Crippen LogP contribution is 2.19. The predicted molar refractivity (Wildman–Crippen MR) is 63.4 cm³/mol. The molecule has 0 N–H and O–H groups in total. The highest BCUT2D eigenvalue weighted by molar-refractivity contribution is 9.10. The fraction of sp³-hybridized carbons (Fsp3) is 0.417. The van der Waals surface area contributed by atoms with E-state index in [2.05, 4.69) is 15.9 Å².